The van der Waals surface area contributed by atoms with Gasteiger partial charge in [-0.1, -0.05) is 0 Å². The van der Waals surface area contributed by atoms with Crippen LogP contribution >= 0.6 is 11.8 Å². The van der Waals surface area contributed by atoms with Crippen molar-refractivity contribution in [1.82, 2.24) is 0 Å². The van der Waals surface area contributed by atoms with Gasteiger partial charge in [0.2, 0.25) is 5.91 Å². The number of amides is 1. The molecule has 2 rings (SSSR count). The Morgan fingerprint density at radius 2 is 1.71 bits per heavy atom. The van der Waals surface area contributed by atoms with Crippen molar-refractivity contribution >= 4 is 23.4 Å². The van der Waals surface area contributed by atoms with Gasteiger partial charge in [0, 0.05) is 41.0 Å². The minimum Gasteiger partial charge on any atom is -0.497 e. The van der Waals surface area contributed by atoms with Gasteiger partial charge < -0.3 is 14.8 Å². The van der Waals surface area contributed by atoms with Crippen LogP contribution in [0.4, 0.5) is 14.5 Å². The Labute approximate surface area is 143 Å². The van der Waals surface area contributed by atoms with Crippen LogP contribution in [0.15, 0.2) is 41.3 Å². The summed E-state index contributed by atoms with van der Waals surface area (Å²) in [5.41, 5.74) is 0.564. The molecule has 0 fully saturated rings. The third kappa shape index (κ3) is 5.13. The number of thioether (sulfide) groups is 1. The Balaban J connectivity index is 1.88. The van der Waals surface area contributed by atoms with E-state index in [1.165, 1.54) is 32.0 Å². The first-order chi connectivity index (χ1) is 11.5. The van der Waals surface area contributed by atoms with E-state index < -0.39 is 11.6 Å². The maximum absolute atomic E-state index is 13.1. The molecule has 4 nitrogen and oxygen atoms in total. The molecular weight excluding hydrogens is 336 g/mol. The number of halogens is 2. The molecule has 0 aliphatic rings. The van der Waals surface area contributed by atoms with Gasteiger partial charge in [-0.25, -0.2) is 8.78 Å². The summed E-state index contributed by atoms with van der Waals surface area (Å²) in [5.74, 6) is -0.392. The number of rotatable bonds is 7. The van der Waals surface area contributed by atoms with Crippen molar-refractivity contribution in [3.8, 4) is 11.5 Å². The van der Waals surface area contributed by atoms with Gasteiger partial charge >= 0.3 is 0 Å². The van der Waals surface area contributed by atoms with E-state index in [4.69, 9.17) is 9.47 Å². The number of hydrogen-bond acceptors (Lipinski definition) is 4. The first-order valence-corrected chi connectivity index (χ1v) is 8.11. The number of benzene rings is 2. The van der Waals surface area contributed by atoms with Gasteiger partial charge in [-0.3, -0.25) is 4.79 Å². The van der Waals surface area contributed by atoms with Crippen LogP contribution in [0, 0.1) is 11.6 Å². The first kappa shape index (κ1) is 18.1. The fourth-order valence-corrected chi connectivity index (χ4v) is 2.81. The number of methoxy groups -OCH3 is 2. The lowest BCUT2D eigenvalue weighted by Crippen LogP contribution is -2.12. The van der Waals surface area contributed by atoms with Crippen molar-refractivity contribution in [2.75, 3.05) is 25.3 Å². The predicted octanol–water partition coefficient (Wildman–Crippen LogP) is 4.10. The lowest BCUT2D eigenvalue weighted by atomic mass is 10.2. The fraction of sp³-hybridized carbons (Fsp3) is 0.235. The quantitative estimate of drug-likeness (QED) is 0.761. The highest BCUT2D eigenvalue weighted by molar-refractivity contribution is 7.99. The van der Waals surface area contributed by atoms with Crippen LogP contribution in [0.5, 0.6) is 11.5 Å². The summed E-state index contributed by atoms with van der Waals surface area (Å²) in [4.78, 5) is 12.6. The van der Waals surface area contributed by atoms with Gasteiger partial charge in [0.1, 0.15) is 11.5 Å². The maximum Gasteiger partial charge on any atom is 0.225 e. The molecular formula is C17H17F2NO3S. The lowest BCUT2D eigenvalue weighted by molar-refractivity contribution is -0.115. The molecule has 0 unspecified atom stereocenters. The van der Waals surface area contributed by atoms with Crippen molar-refractivity contribution in [2.24, 2.45) is 0 Å². The monoisotopic (exact) mass is 353 g/mol. The lowest BCUT2D eigenvalue weighted by Gasteiger charge is -2.10. The molecule has 0 saturated heterocycles. The molecule has 0 heterocycles. The normalized spacial score (nSPS) is 10.3. The van der Waals surface area contributed by atoms with Crippen LogP contribution in [0.25, 0.3) is 0 Å². The van der Waals surface area contributed by atoms with Crippen LogP contribution in [-0.4, -0.2) is 25.9 Å². The third-order valence-electron chi connectivity index (χ3n) is 3.12. The number of ether oxygens (including phenoxy) is 2. The highest BCUT2D eigenvalue weighted by atomic mass is 32.2. The average Bonchev–Trinajstić information content (AvgIpc) is 2.57. The van der Waals surface area contributed by atoms with Crippen molar-refractivity contribution in [1.29, 1.82) is 0 Å². The standard InChI is InChI=1S/C17H17F2NO3S/c1-22-12-7-11(8-13(9-12)23-2)20-17(21)5-6-24-14-3-4-15(18)16(19)10-14/h3-4,7-10H,5-6H2,1-2H3,(H,20,21). The Kier molecular flexibility index (Phi) is 6.43. The van der Waals surface area contributed by atoms with E-state index in [1.807, 2.05) is 0 Å². The molecule has 2 aromatic carbocycles. The Bertz CT molecular complexity index is 703. The van der Waals surface area contributed by atoms with Crippen molar-refractivity contribution < 1.29 is 23.0 Å². The first-order valence-electron chi connectivity index (χ1n) is 7.12. The Hall–Kier alpha value is -2.28. The largest absolute Gasteiger partial charge is 0.497 e. The molecule has 0 radical (unpaired) electrons. The molecule has 24 heavy (non-hydrogen) atoms. The fourth-order valence-electron chi connectivity index (χ4n) is 1.93. The van der Waals surface area contributed by atoms with Gasteiger partial charge in [-0.15, -0.1) is 11.8 Å². The molecule has 0 aromatic heterocycles. The number of hydrogen-bond donors (Lipinski definition) is 1. The van der Waals surface area contributed by atoms with Crippen LogP contribution < -0.4 is 14.8 Å². The average molecular weight is 353 g/mol. The van der Waals surface area contributed by atoms with E-state index in [9.17, 15) is 13.6 Å². The SMILES string of the molecule is COc1cc(NC(=O)CCSc2ccc(F)c(F)c2)cc(OC)c1. The zero-order chi connectivity index (χ0) is 17.5. The highest BCUT2D eigenvalue weighted by Gasteiger charge is 2.08. The van der Waals surface area contributed by atoms with Gasteiger partial charge in [0.15, 0.2) is 11.6 Å². The van der Waals surface area contributed by atoms with E-state index >= 15 is 0 Å². The Morgan fingerprint density at radius 3 is 2.29 bits per heavy atom. The molecule has 7 heteroatoms. The third-order valence-corrected chi connectivity index (χ3v) is 4.12. The number of carbonyl (C=O) groups excluding carboxylic acids is 1. The minimum atomic E-state index is -0.895. The molecule has 0 atom stereocenters. The topological polar surface area (TPSA) is 47.6 Å². The van der Waals surface area contributed by atoms with Gasteiger partial charge in [0.25, 0.3) is 0 Å². The highest BCUT2D eigenvalue weighted by Crippen LogP contribution is 2.26. The second-order valence-electron chi connectivity index (χ2n) is 4.82. The zero-order valence-electron chi connectivity index (χ0n) is 13.3. The van der Waals surface area contributed by atoms with E-state index in [0.717, 1.165) is 12.1 Å². The number of carbonyl (C=O) groups is 1. The van der Waals surface area contributed by atoms with Crippen LogP contribution in [0.1, 0.15) is 6.42 Å². The molecule has 2 aromatic rings. The maximum atomic E-state index is 13.1. The van der Waals surface area contributed by atoms with Crippen molar-refractivity contribution in [2.45, 2.75) is 11.3 Å². The summed E-state index contributed by atoms with van der Waals surface area (Å²) in [7, 11) is 3.05. The van der Waals surface area contributed by atoms with Gasteiger partial charge in [-0.2, -0.15) is 0 Å². The summed E-state index contributed by atoms with van der Waals surface area (Å²) >= 11 is 1.28. The summed E-state index contributed by atoms with van der Waals surface area (Å²) in [6.07, 6.45) is 0.225. The molecule has 0 aliphatic carbocycles. The van der Waals surface area contributed by atoms with E-state index in [-0.39, 0.29) is 12.3 Å². The second kappa shape index (κ2) is 8.54. The van der Waals surface area contributed by atoms with E-state index in [2.05, 4.69) is 5.32 Å². The summed E-state index contributed by atoms with van der Waals surface area (Å²) in [6, 6.07) is 8.74. The minimum absolute atomic E-state index is 0.194. The summed E-state index contributed by atoms with van der Waals surface area (Å²) < 4.78 is 36.2. The van der Waals surface area contributed by atoms with Crippen LogP contribution in [0.3, 0.4) is 0 Å². The number of nitrogens with one attached hydrogen (secondary N) is 1. The molecule has 0 spiro atoms. The van der Waals surface area contributed by atoms with Crippen LogP contribution in [-0.2, 0) is 4.79 Å². The predicted molar refractivity (Wildman–Crippen MR) is 89.9 cm³/mol. The Morgan fingerprint density at radius 1 is 1.04 bits per heavy atom. The summed E-state index contributed by atoms with van der Waals surface area (Å²) in [6.45, 7) is 0. The van der Waals surface area contributed by atoms with Crippen molar-refractivity contribution in [3.05, 3.63) is 48.0 Å². The zero-order valence-corrected chi connectivity index (χ0v) is 14.1. The molecule has 0 aliphatic heterocycles. The smallest absolute Gasteiger partial charge is 0.225 e. The second-order valence-corrected chi connectivity index (χ2v) is 5.99. The van der Waals surface area contributed by atoms with E-state index in [1.54, 1.807) is 18.2 Å². The molecule has 1 N–H and O–H groups in total. The molecule has 128 valence electrons. The van der Waals surface area contributed by atoms with Crippen LogP contribution in [0.2, 0.25) is 0 Å². The summed E-state index contributed by atoms with van der Waals surface area (Å²) in [5, 5.41) is 2.75. The molecule has 0 saturated carbocycles. The molecule has 1 amide bonds. The van der Waals surface area contributed by atoms with Gasteiger partial charge in [0.05, 0.1) is 14.2 Å². The number of anilines is 1. The van der Waals surface area contributed by atoms with E-state index in [0.29, 0.717) is 27.8 Å². The van der Waals surface area contributed by atoms with Gasteiger partial charge in [-0.05, 0) is 18.2 Å². The van der Waals surface area contributed by atoms with Crippen molar-refractivity contribution in [3.63, 3.8) is 0 Å². The molecule has 0 bridgehead atoms.